The number of nitrogens with one attached hydrogen (secondary N) is 2. The summed E-state index contributed by atoms with van der Waals surface area (Å²) in [5.74, 6) is -0.186. The van der Waals surface area contributed by atoms with Crippen LogP contribution in [0.5, 0.6) is 0 Å². The highest BCUT2D eigenvalue weighted by atomic mass is 16.3. The van der Waals surface area contributed by atoms with Gasteiger partial charge in [0.05, 0.1) is 6.61 Å². The largest absolute Gasteiger partial charge is 0.395 e. The number of hydrogen-bond acceptors (Lipinski definition) is 3. The fourth-order valence-electron chi connectivity index (χ4n) is 1.99. The lowest BCUT2D eigenvalue weighted by molar-refractivity contribution is -0.116. The maximum Gasteiger partial charge on any atom is 0.251 e. The first kappa shape index (κ1) is 12.6. The SMILES string of the molecule is O=C1CCCc2cc(C(=O)NCCO)ccc2N1. The zero-order chi connectivity index (χ0) is 13.0. The Labute approximate surface area is 105 Å². The maximum absolute atomic E-state index is 11.7. The fraction of sp³-hybridized carbons (Fsp3) is 0.385. The van der Waals surface area contributed by atoms with Crippen LogP contribution in [0.15, 0.2) is 18.2 Å². The van der Waals surface area contributed by atoms with Crippen LogP contribution in [0.4, 0.5) is 5.69 Å². The minimum Gasteiger partial charge on any atom is -0.395 e. The first-order valence-electron chi connectivity index (χ1n) is 6.02. The highest BCUT2D eigenvalue weighted by molar-refractivity contribution is 5.97. The van der Waals surface area contributed by atoms with Crippen LogP contribution in [0.2, 0.25) is 0 Å². The Hall–Kier alpha value is -1.88. The molecule has 0 bridgehead atoms. The van der Waals surface area contributed by atoms with Crippen molar-refractivity contribution >= 4 is 17.5 Å². The molecule has 18 heavy (non-hydrogen) atoms. The van der Waals surface area contributed by atoms with Gasteiger partial charge in [-0.05, 0) is 36.6 Å². The number of amides is 2. The molecule has 1 aromatic carbocycles. The van der Waals surface area contributed by atoms with Gasteiger partial charge in [0.2, 0.25) is 5.91 Å². The van der Waals surface area contributed by atoms with E-state index in [9.17, 15) is 9.59 Å². The molecule has 1 heterocycles. The Morgan fingerprint density at radius 1 is 1.39 bits per heavy atom. The van der Waals surface area contributed by atoms with Crippen molar-refractivity contribution in [2.75, 3.05) is 18.5 Å². The zero-order valence-electron chi connectivity index (χ0n) is 10.0. The van der Waals surface area contributed by atoms with E-state index in [0.717, 1.165) is 24.1 Å². The van der Waals surface area contributed by atoms with Crippen molar-refractivity contribution in [3.05, 3.63) is 29.3 Å². The molecule has 0 aromatic heterocycles. The minimum atomic E-state index is -0.206. The predicted octanol–water partition coefficient (Wildman–Crippen LogP) is 0.683. The standard InChI is InChI=1S/C13H16N2O3/c16-7-6-14-13(18)10-4-5-11-9(8-10)2-1-3-12(17)15-11/h4-5,8,16H,1-3,6-7H2,(H,14,18)(H,15,17). The molecule has 96 valence electrons. The summed E-state index contributed by atoms with van der Waals surface area (Å²) in [4.78, 5) is 23.1. The Morgan fingerprint density at radius 2 is 2.22 bits per heavy atom. The number of aryl methyl sites for hydroxylation is 1. The van der Waals surface area contributed by atoms with Crippen LogP contribution in [0.25, 0.3) is 0 Å². The number of carbonyl (C=O) groups is 2. The average molecular weight is 248 g/mol. The summed E-state index contributed by atoms with van der Waals surface area (Å²) in [5, 5.41) is 14.1. The lowest BCUT2D eigenvalue weighted by Crippen LogP contribution is -2.26. The second-order valence-electron chi connectivity index (χ2n) is 4.25. The van der Waals surface area contributed by atoms with Crippen LogP contribution in [0, 0.1) is 0 Å². The van der Waals surface area contributed by atoms with Gasteiger partial charge in [-0.2, -0.15) is 0 Å². The van der Waals surface area contributed by atoms with Gasteiger partial charge in [0.15, 0.2) is 0 Å². The van der Waals surface area contributed by atoms with Crippen molar-refractivity contribution in [2.45, 2.75) is 19.3 Å². The molecular formula is C13H16N2O3. The van der Waals surface area contributed by atoms with Gasteiger partial charge in [-0.15, -0.1) is 0 Å². The number of aliphatic hydroxyl groups is 1. The first-order chi connectivity index (χ1) is 8.70. The topological polar surface area (TPSA) is 78.4 Å². The van der Waals surface area contributed by atoms with E-state index in [1.54, 1.807) is 18.2 Å². The lowest BCUT2D eigenvalue weighted by Gasteiger charge is -2.09. The second kappa shape index (κ2) is 5.64. The third-order valence-corrected chi connectivity index (χ3v) is 2.89. The number of anilines is 1. The van der Waals surface area contributed by atoms with Gasteiger partial charge in [0.1, 0.15) is 0 Å². The van der Waals surface area contributed by atoms with E-state index >= 15 is 0 Å². The molecule has 0 unspecified atom stereocenters. The molecule has 1 aromatic rings. The molecule has 0 aliphatic carbocycles. The van der Waals surface area contributed by atoms with E-state index in [2.05, 4.69) is 10.6 Å². The molecular weight excluding hydrogens is 232 g/mol. The van der Waals surface area contributed by atoms with Crippen molar-refractivity contribution < 1.29 is 14.7 Å². The quantitative estimate of drug-likeness (QED) is 0.736. The van der Waals surface area contributed by atoms with Crippen LogP contribution in [-0.2, 0) is 11.2 Å². The number of carbonyl (C=O) groups excluding carboxylic acids is 2. The summed E-state index contributed by atoms with van der Waals surface area (Å²) in [7, 11) is 0. The first-order valence-corrected chi connectivity index (χ1v) is 6.02. The van der Waals surface area contributed by atoms with Crippen molar-refractivity contribution in [1.82, 2.24) is 5.32 Å². The summed E-state index contributed by atoms with van der Waals surface area (Å²) in [6.45, 7) is 0.166. The molecule has 0 saturated heterocycles. The monoisotopic (exact) mass is 248 g/mol. The smallest absolute Gasteiger partial charge is 0.251 e. The van der Waals surface area contributed by atoms with E-state index in [0.29, 0.717) is 12.0 Å². The van der Waals surface area contributed by atoms with Crippen molar-refractivity contribution in [2.24, 2.45) is 0 Å². The van der Waals surface area contributed by atoms with Crippen LogP contribution in [0.1, 0.15) is 28.8 Å². The van der Waals surface area contributed by atoms with E-state index in [1.165, 1.54) is 0 Å². The maximum atomic E-state index is 11.7. The molecule has 0 fully saturated rings. The van der Waals surface area contributed by atoms with Crippen LogP contribution in [-0.4, -0.2) is 30.1 Å². The van der Waals surface area contributed by atoms with Crippen LogP contribution < -0.4 is 10.6 Å². The van der Waals surface area contributed by atoms with E-state index in [-0.39, 0.29) is 25.0 Å². The molecule has 0 radical (unpaired) electrons. The molecule has 0 spiro atoms. The lowest BCUT2D eigenvalue weighted by atomic mass is 10.0. The van der Waals surface area contributed by atoms with Crippen LogP contribution >= 0.6 is 0 Å². The molecule has 0 saturated carbocycles. The Balaban J connectivity index is 2.18. The summed E-state index contributed by atoms with van der Waals surface area (Å²) in [6, 6.07) is 5.23. The molecule has 2 rings (SSSR count). The number of rotatable bonds is 3. The third kappa shape index (κ3) is 2.87. The van der Waals surface area contributed by atoms with E-state index in [4.69, 9.17) is 5.11 Å². The summed E-state index contributed by atoms with van der Waals surface area (Å²) < 4.78 is 0. The third-order valence-electron chi connectivity index (χ3n) is 2.89. The number of benzene rings is 1. The Kier molecular flexibility index (Phi) is 3.94. The number of aliphatic hydroxyl groups excluding tert-OH is 1. The van der Waals surface area contributed by atoms with Crippen molar-refractivity contribution in [1.29, 1.82) is 0 Å². The number of fused-ring (bicyclic) bond motifs is 1. The predicted molar refractivity (Wildman–Crippen MR) is 67.4 cm³/mol. The van der Waals surface area contributed by atoms with Crippen molar-refractivity contribution in [3.63, 3.8) is 0 Å². The summed E-state index contributed by atoms with van der Waals surface area (Å²) >= 11 is 0. The highest BCUT2D eigenvalue weighted by Gasteiger charge is 2.14. The fourth-order valence-corrected chi connectivity index (χ4v) is 1.99. The van der Waals surface area contributed by atoms with Gasteiger partial charge < -0.3 is 15.7 Å². The molecule has 3 N–H and O–H groups in total. The van der Waals surface area contributed by atoms with Gasteiger partial charge in [-0.1, -0.05) is 0 Å². The molecule has 1 aliphatic heterocycles. The van der Waals surface area contributed by atoms with Gasteiger partial charge in [0, 0.05) is 24.2 Å². The number of hydrogen-bond donors (Lipinski definition) is 3. The zero-order valence-corrected chi connectivity index (χ0v) is 10.0. The summed E-state index contributed by atoms with van der Waals surface area (Å²) in [5.41, 5.74) is 2.33. The van der Waals surface area contributed by atoms with Crippen molar-refractivity contribution in [3.8, 4) is 0 Å². The molecule has 5 nitrogen and oxygen atoms in total. The molecule has 5 heteroatoms. The van der Waals surface area contributed by atoms with Gasteiger partial charge >= 0.3 is 0 Å². The molecule has 0 atom stereocenters. The van der Waals surface area contributed by atoms with E-state index in [1.807, 2.05) is 0 Å². The molecule has 2 amide bonds. The Bertz CT molecular complexity index is 471. The van der Waals surface area contributed by atoms with Gasteiger partial charge in [-0.25, -0.2) is 0 Å². The average Bonchev–Trinajstić information content (AvgIpc) is 2.55. The molecule has 1 aliphatic rings. The van der Waals surface area contributed by atoms with E-state index < -0.39 is 0 Å². The minimum absolute atomic E-state index is 0.0197. The van der Waals surface area contributed by atoms with Crippen LogP contribution in [0.3, 0.4) is 0 Å². The Morgan fingerprint density at radius 3 is 3.00 bits per heavy atom. The normalized spacial score (nSPS) is 14.4. The highest BCUT2D eigenvalue weighted by Crippen LogP contribution is 2.23. The van der Waals surface area contributed by atoms with Gasteiger partial charge in [0.25, 0.3) is 5.91 Å². The summed E-state index contributed by atoms with van der Waals surface area (Å²) in [6.07, 6.45) is 2.09. The second-order valence-corrected chi connectivity index (χ2v) is 4.25. The van der Waals surface area contributed by atoms with Gasteiger partial charge in [-0.3, -0.25) is 9.59 Å².